The van der Waals surface area contributed by atoms with E-state index < -0.39 is 11.6 Å². The second-order valence-corrected chi connectivity index (χ2v) is 10.1. The van der Waals surface area contributed by atoms with E-state index in [2.05, 4.69) is 49.1 Å². The number of anilines is 4. The van der Waals surface area contributed by atoms with E-state index in [1.165, 1.54) is 6.07 Å². The quantitative estimate of drug-likeness (QED) is 0.486. The van der Waals surface area contributed by atoms with Crippen LogP contribution >= 0.6 is 0 Å². The zero-order valence-electron chi connectivity index (χ0n) is 21.7. The van der Waals surface area contributed by atoms with E-state index in [0.29, 0.717) is 29.5 Å². The lowest BCUT2D eigenvalue weighted by Crippen LogP contribution is -2.42. The predicted octanol–water partition coefficient (Wildman–Crippen LogP) is 5.33. The van der Waals surface area contributed by atoms with Crippen LogP contribution in [0.5, 0.6) is 0 Å². The second-order valence-electron chi connectivity index (χ2n) is 10.1. The van der Waals surface area contributed by atoms with Crippen molar-refractivity contribution in [1.82, 2.24) is 19.9 Å². The topological polar surface area (TPSA) is 60.4 Å². The molecule has 4 heterocycles. The van der Waals surface area contributed by atoms with E-state index in [1.807, 2.05) is 38.3 Å². The summed E-state index contributed by atoms with van der Waals surface area (Å²) >= 11 is 0. The summed E-state index contributed by atoms with van der Waals surface area (Å²) in [6.07, 6.45) is 8.88. The molecule has 5 rings (SSSR count). The number of hydrogen-bond acceptors (Lipinski definition) is 7. The summed E-state index contributed by atoms with van der Waals surface area (Å²) in [5, 5.41) is 3.06. The number of halogens is 2. The maximum Gasteiger partial charge on any atom is 0.229 e. The second kappa shape index (κ2) is 10.4. The third-order valence-corrected chi connectivity index (χ3v) is 7.19. The fourth-order valence-electron chi connectivity index (χ4n) is 5.05. The summed E-state index contributed by atoms with van der Waals surface area (Å²) < 4.78 is 29.8. The molecule has 194 valence electrons. The van der Waals surface area contributed by atoms with Gasteiger partial charge < -0.3 is 20.0 Å². The van der Waals surface area contributed by atoms with E-state index >= 15 is 4.39 Å². The van der Waals surface area contributed by atoms with Crippen LogP contribution in [-0.2, 0) is 0 Å². The zero-order chi connectivity index (χ0) is 26.1. The van der Waals surface area contributed by atoms with Crippen molar-refractivity contribution in [2.45, 2.75) is 38.8 Å². The molecule has 0 atom stereocenters. The number of nitrogens with one attached hydrogen (secondary N) is 1. The average molecular weight is 506 g/mol. The number of rotatable bonds is 6. The van der Waals surface area contributed by atoms with E-state index in [-0.39, 0.29) is 17.7 Å². The molecule has 1 N–H and O–H groups in total. The minimum Gasteiger partial charge on any atom is -0.370 e. The molecule has 2 aliphatic heterocycles. The van der Waals surface area contributed by atoms with Crippen molar-refractivity contribution >= 4 is 29.2 Å². The summed E-state index contributed by atoms with van der Waals surface area (Å²) in [6, 6.07) is 7.79. The molecule has 3 aromatic rings. The van der Waals surface area contributed by atoms with Crippen molar-refractivity contribution in [1.29, 1.82) is 0 Å². The van der Waals surface area contributed by atoms with Crippen LogP contribution in [0.2, 0.25) is 0 Å². The minimum absolute atomic E-state index is 0.0397. The molecule has 1 fully saturated rings. The molecule has 37 heavy (non-hydrogen) atoms. The zero-order valence-corrected chi connectivity index (χ0v) is 21.7. The summed E-state index contributed by atoms with van der Waals surface area (Å²) in [7, 11) is 4.26. The third-order valence-electron chi connectivity index (χ3n) is 7.19. The molecule has 0 spiro atoms. The third kappa shape index (κ3) is 5.27. The molecule has 2 aliphatic rings. The fraction of sp³-hybridized carbons (Fsp3) is 0.393. The molecule has 0 amide bonds. The van der Waals surface area contributed by atoms with Crippen LogP contribution in [0, 0.1) is 11.6 Å². The first-order chi connectivity index (χ1) is 17.8. The van der Waals surface area contributed by atoms with Gasteiger partial charge in [0.15, 0.2) is 5.82 Å². The molecular formula is C28H33F2N7. The lowest BCUT2D eigenvalue weighted by molar-refractivity contribution is 0.249. The van der Waals surface area contributed by atoms with E-state index in [1.54, 1.807) is 12.1 Å². The van der Waals surface area contributed by atoms with Crippen LogP contribution < -0.4 is 15.1 Å². The highest BCUT2D eigenvalue weighted by molar-refractivity contribution is 5.78. The molecule has 1 aromatic carbocycles. The Labute approximate surface area is 216 Å². The average Bonchev–Trinajstić information content (AvgIpc) is 2.90. The van der Waals surface area contributed by atoms with Crippen LogP contribution in [-0.4, -0.2) is 65.7 Å². The van der Waals surface area contributed by atoms with Gasteiger partial charge in [-0.2, -0.15) is 0 Å². The molecule has 0 saturated carbocycles. The van der Waals surface area contributed by atoms with Gasteiger partial charge in [-0.25, -0.2) is 23.7 Å². The SMILES string of the molecule is CC(C)N1CC=Cc2c(F)cc(-c3nc(Nc4ccc(N5CCC(N(C)C)CC5)cn4)ncc3F)cc21. The number of pyridine rings is 1. The van der Waals surface area contributed by atoms with Gasteiger partial charge in [0, 0.05) is 48.5 Å². The summed E-state index contributed by atoms with van der Waals surface area (Å²) in [5.41, 5.74) is 2.71. The van der Waals surface area contributed by atoms with Gasteiger partial charge in [-0.15, -0.1) is 0 Å². The van der Waals surface area contributed by atoms with Gasteiger partial charge >= 0.3 is 0 Å². The number of fused-ring (bicyclic) bond motifs is 1. The van der Waals surface area contributed by atoms with Crippen molar-refractivity contribution in [3.05, 3.63) is 59.9 Å². The number of piperidine rings is 1. The van der Waals surface area contributed by atoms with Crippen LogP contribution in [0.3, 0.4) is 0 Å². The van der Waals surface area contributed by atoms with Gasteiger partial charge in [-0.3, -0.25) is 0 Å². The summed E-state index contributed by atoms with van der Waals surface area (Å²) in [6.45, 7) is 6.74. The minimum atomic E-state index is -0.614. The Hall–Kier alpha value is -3.59. The molecular weight excluding hydrogens is 472 g/mol. The monoisotopic (exact) mass is 505 g/mol. The standard InChI is InChI=1S/C28H33F2N7/c1-18(2)37-11-5-6-22-23(29)14-19(15-25(22)37)27-24(30)17-32-28(34-27)33-26-8-7-21(16-31-26)36-12-9-20(10-13-36)35(3)4/h5-8,14-18,20H,9-13H2,1-4H3,(H,31,32,33,34). The summed E-state index contributed by atoms with van der Waals surface area (Å²) in [4.78, 5) is 19.7. The van der Waals surface area contributed by atoms with Gasteiger partial charge in [0.1, 0.15) is 17.3 Å². The normalized spacial score (nSPS) is 16.0. The first kappa shape index (κ1) is 25.1. The molecule has 0 unspecified atom stereocenters. The Balaban J connectivity index is 1.35. The van der Waals surface area contributed by atoms with Gasteiger partial charge in [0.2, 0.25) is 5.95 Å². The van der Waals surface area contributed by atoms with Crippen molar-refractivity contribution in [3.63, 3.8) is 0 Å². The Morgan fingerprint density at radius 3 is 2.49 bits per heavy atom. The van der Waals surface area contributed by atoms with Crippen LogP contribution in [0.25, 0.3) is 17.3 Å². The predicted molar refractivity (Wildman–Crippen MR) is 145 cm³/mol. The van der Waals surface area contributed by atoms with Gasteiger partial charge in [-0.1, -0.05) is 12.2 Å². The molecule has 0 bridgehead atoms. The Kier molecular flexibility index (Phi) is 7.06. The smallest absolute Gasteiger partial charge is 0.229 e. The molecule has 2 aromatic heterocycles. The molecule has 9 heteroatoms. The molecule has 1 saturated heterocycles. The van der Waals surface area contributed by atoms with Crippen molar-refractivity contribution in [2.24, 2.45) is 0 Å². The van der Waals surface area contributed by atoms with Crippen LogP contribution in [0.4, 0.5) is 31.9 Å². The number of aromatic nitrogens is 3. The molecule has 7 nitrogen and oxygen atoms in total. The Morgan fingerprint density at radius 2 is 1.81 bits per heavy atom. The fourth-order valence-corrected chi connectivity index (χ4v) is 5.05. The largest absolute Gasteiger partial charge is 0.370 e. The number of nitrogens with zero attached hydrogens (tertiary/aromatic N) is 6. The molecule has 0 aliphatic carbocycles. The van der Waals surface area contributed by atoms with Crippen molar-refractivity contribution < 1.29 is 8.78 Å². The maximum absolute atomic E-state index is 15.0. The highest BCUT2D eigenvalue weighted by Crippen LogP contribution is 2.35. The highest BCUT2D eigenvalue weighted by atomic mass is 19.1. The first-order valence-electron chi connectivity index (χ1n) is 12.7. The van der Waals surface area contributed by atoms with Gasteiger partial charge in [0.25, 0.3) is 0 Å². The lowest BCUT2D eigenvalue weighted by atomic mass is 10.0. The van der Waals surface area contributed by atoms with Crippen LogP contribution in [0.1, 0.15) is 32.3 Å². The van der Waals surface area contributed by atoms with E-state index in [9.17, 15) is 4.39 Å². The number of hydrogen-bond donors (Lipinski definition) is 1. The van der Waals surface area contributed by atoms with Crippen molar-refractivity contribution in [3.8, 4) is 11.3 Å². The van der Waals surface area contributed by atoms with E-state index in [4.69, 9.17) is 0 Å². The highest BCUT2D eigenvalue weighted by Gasteiger charge is 2.23. The maximum atomic E-state index is 15.0. The van der Waals surface area contributed by atoms with Gasteiger partial charge in [-0.05, 0) is 65.0 Å². The molecule has 0 radical (unpaired) electrons. The lowest BCUT2D eigenvalue weighted by Gasteiger charge is -2.36. The number of benzene rings is 1. The Bertz CT molecular complexity index is 1280. The van der Waals surface area contributed by atoms with Crippen molar-refractivity contribution in [2.75, 3.05) is 48.8 Å². The van der Waals surface area contributed by atoms with Gasteiger partial charge in [0.05, 0.1) is 18.1 Å². The van der Waals surface area contributed by atoms with Crippen LogP contribution in [0.15, 0.2) is 42.7 Å². The Morgan fingerprint density at radius 1 is 1.03 bits per heavy atom. The summed E-state index contributed by atoms with van der Waals surface area (Å²) in [5.74, 6) is -0.273. The van der Waals surface area contributed by atoms with E-state index in [0.717, 1.165) is 43.5 Å². The first-order valence-corrected chi connectivity index (χ1v) is 12.7.